The molecule has 0 bridgehead atoms. The van der Waals surface area contributed by atoms with Crippen LogP contribution < -0.4 is 5.32 Å². The standard InChI is InChI=1S/C16H20N2O/c19-10-9-16(7-8-16)12-17-11-14-6-5-13-3-1-2-4-15(13)18-14/h1-6,17,19H,7-12H2. The van der Waals surface area contributed by atoms with Crippen molar-refractivity contribution >= 4 is 10.9 Å². The van der Waals surface area contributed by atoms with Crippen LogP contribution in [0.2, 0.25) is 0 Å². The Labute approximate surface area is 113 Å². The van der Waals surface area contributed by atoms with E-state index in [1.165, 1.54) is 18.2 Å². The summed E-state index contributed by atoms with van der Waals surface area (Å²) in [4.78, 5) is 4.65. The van der Waals surface area contributed by atoms with Crippen LogP contribution in [0.3, 0.4) is 0 Å². The number of rotatable bonds is 6. The van der Waals surface area contributed by atoms with Crippen molar-refractivity contribution in [3.05, 3.63) is 42.1 Å². The van der Waals surface area contributed by atoms with Crippen molar-refractivity contribution in [1.29, 1.82) is 0 Å². The van der Waals surface area contributed by atoms with E-state index in [0.717, 1.165) is 30.7 Å². The van der Waals surface area contributed by atoms with Gasteiger partial charge < -0.3 is 10.4 Å². The second-order valence-corrected chi connectivity index (χ2v) is 5.57. The number of para-hydroxylation sites is 1. The smallest absolute Gasteiger partial charge is 0.0705 e. The third-order valence-electron chi connectivity index (χ3n) is 4.06. The molecular weight excluding hydrogens is 236 g/mol. The molecule has 0 radical (unpaired) electrons. The van der Waals surface area contributed by atoms with Crippen LogP contribution in [0.5, 0.6) is 0 Å². The van der Waals surface area contributed by atoms with Gasteiger partial charge in [-0.05, 0) is 36.8 Å². The number of nitrogens with zero attached hydrogens (tertiary/aromatic N) is 1. The SMILES string of the molecule is OCCC1(CNCc2ccc3ccccc3n2)CC1. The molecule has 3 nitrogen and oxygen atoms in total. The predicted octanol–water partition coefficient (Wildman–Crippen LogP) is 2.49. The lowest BCUT2D eigenvalue weighted by molar-refractivity contribution is 0.245. The minimum atomic E-state index is 0.301. The molecule has 2 aromatic rings. The third-order valence-corrected chi connectivity index (χ3v) is 4.06. The van der Waals surface area contributed by atoms with E-state index >= 15 is 0 Å². The van der Waals surface area contributed by atoms with E-state index in [1.54, 1.807) is 0 Å². The fraction of sp³-hybridized carbons (Fsp3) is 0.438. The number of aliphatic hydroxyl groups excluding tert-OH is 1. The minimum Gasteiger partial charge on any atom is -0.396 e. The van der Waals surface area contributed by atoms with Gasteiger partial charge in [0, 0.05) is 25.1 Å². The summed E-state index contributed by atoms with van der Waals surface area (Å²) in [6.45, 7) is 2.09. The zero-order chi connectivity index (χ0) is 13.1. The highest BCUT2D eigenvalue weighted by Crippen LogP contribution is 2.47. The molecule has 19 heavy (non-hydrogen) atoms. The second kappa shape index (κ2) is 5.27. The van der Waals surface area contributed by atoms with Crippen LogP contribution in [0.25, 0.3) is 10.9 Å². The Morgan fingerprint density at radius 3 is 2.79 bits per heavy atom. The molecule has 0 spiro atoms. The van der Waals surface area contributed by atoms with Crippen LogP contribution in [-0.2, 0) is 6.54 Å². The molecule has 0 atom stereocenters. The fourth-order valence-corrected chi connectivity index (χ4v) is 2.59. The molecular formula is C16H20N2O. The number of hydrogen-bond acceptors (Lipinski definition) is 3. The Morgan fingerprint density at radius 1 is 1.16 bits per heavy atom. The highest BCUT2D eigenvalue weighted by atomic mass is 16.3. The van der Waals surface area contributed by atoms with Crippen LogP contribution >= 0.6 is 0 Å². The van der Waals surface area contributed by atoms with E-state index in [4.69, 9.17) is 5.11 Å². The number of fused-ring (bicyclic) bond motifs is 1. The first kappa shape index (κ1) is 12.6. The average Bonchev–Trinajstić information content (AvgIpc) is 3.19. The molecule has 0 saturated heterocycles. The van der Waals surface area contributed by atoms with Crippen LogP contribution in [0.15, 0.2) is 36.4 Å². The Kier molecular flexibility index (Phi) is 3.49. The third kappa shape index (κ3) is 2.94. The van der Waals surface area contributed by atoms with Gasteiger partial charge in [0.15, 0.2) is 0 Å². The first-order chi connectivity index (χ1) is 9.31. The van der Waals surface area contributed by atoms with Gasteiger partial charge in [-0.2, -0.15) is 0 Å². The number of aliphatic hydroxyl groups is 1. The predicted molar refractivity (Wildman–Crippen MR) is 76.8 cm³/mol. The summed E-state index contributed by atoms with van der Waals surface area (Å²) < 4.78 is 0. The molecule has 3 heteroatoms. The summed E-state index contributed by atoms with van der Waals surface area (Å²) in [6.07, 6.45) is 3.41. The summed E-state index contributed by atoms with van der Waals surface area (Å²) >= 11 is 0. The van der Waals surface area contributed by atoms with Gasteiger partial charge in [-0.15, -0.1) is 0 Å². The summed E-state index contributed by atoms with van der Waals surface area (Å²) in [5.74, 6) is 0. The summed E-state index contributed by atoms with van der Waals surface area (Å²) in [7, 11) is 0. The number of benzene rings is 1. The largest absolute Gasteiger partial charge is 0.396 e. The molecule has 1 aliphatic rings. The minimum absolute atomic E-state index is 0.301. The van der Waals surface area contributed by atoms with Crippen LogP contribution in [0.4, 0.5) is 0 Å². The molecule has 1 aromatic heterocycles. The number of aromatic nitrogens is 1. The van der Waals surface area contributed by atoms with Gasteiger partial charge in [0.1, 0.15) is 0 Å². The molecule has 0 amide bonds. The molecule has 1 saturated carbocycles. The van der Waals surface area contributed by atoms with Gasteiger partial charge in [0.05, 0.1) is 11.2 Å². The number of nitrogens with one attached hydrogen (secondary N) is 1. The quantitative estimate of drug-likeness (QED) is 0.834. The normalized spacial score (nSPS) is 16.7. The molecule has 1 heterocycles. The average molecular weight is 256 g/mol. The maximum atomic E-state index is 9.04. The molecule has 1 aliphatic carbocycles. The van der Waals surface area contributed by atoms with Gasteiger partial charge in [-0.25, -0.2) is 0 Å². The second-order valence-electron chi connectivity index (χ2n) is 5.57. The fourth-order valence-electron chi connectivity index (χ4n) is 2.59. The van der Waals surface area contributed by atoms with Gasteiger partial charge in [0.25, 0.3) is 0 Å². The van der Waals surface area contributed by atoms with E-state index in [-0.39, 0.29) is 0 Å². The van der Waals surface area contributed by atoms with Crippen molar-refractivity contribution in [2.45, 2.75) is 25.8 Å². The van der Waals surface area contributed by atoms with Crippen molar-refractivity contribution < 1.29 is 5.11 Å². The molecule has 1 aromatic carbocycles. The molecule has 3 rings (SSSR count). The highest BCUT2D eigenvalue weighted by Gasteiger charge is 2.41. The zero-order valence-electron chi connectivity index (χ0n) is 11.1. The monoisotopic (exact) mass is 256 g/mol. The summed E-state index contributed by atoms with van der Waals surface area (Å²) in [5, 5.41) is 13.7. The molecule has 0 aliphatic heterocycles. The van der Waals surface area contributed by atoms with Crippen molar-refractivity contribution in [2.24, 2.45) is 5.41 Å². The lowest BCUT2D eigenvalue weighted by atomic mass is 10.0. The Balaban J connectivity index is 1.59. The number of pyridine rings is 1. The van der Waals surface area contributed by atoms with Crippen LogP contribution in [0, 0.1) is 5.41 Å². The maximum Gasteiger partial charge on any atom is 0.0705 e. The van der Waals surface area contributed by atoms with Gasteiger partial charge >= 0.3 is 0 Å². The van der Waals surface area contributed by atoms with Gasteiger partial charge in [0.2, 0.25) is 0 Å². The zero-order valence-corrected chi connectivity index (χ0v) is 11.1. The lowest BCUT2D eigenvalue weighted by Gasteiger charge is -2.14. The Morgan fingerprint density at radius 2 is 2.00 bits per heavy atom. The van der Waals surface area contributed by atoms with Crippen LogP contribution in [-0.4, -0.2) is 23.2 Å². The first-order valence-corrected chi connectivity index (χ1v) is 6.98. The van der Waals surface area contributed by atoms with E-state index in [2.05, 4.69) is 28.5 Å². The molecule has 0 unspecified atom stereocenters. The highest BCUT2D eigenvalue weighted by molar-refractivity contribution is 5.78. The first-order valence-electron chi connectivity index (χ1n) is 6.98. The topological polar surface area (TPSA) is 45.1 Å². The van der Waals surface area contributed by atoms with Gasteiger partial charge in [-0.1, -0.05) is 24.3 Å². The van der Waals surface area contributed by atoms with Crippen molar-refractivity contribution in [3.8, 4) is 0 Å². The maximum absolute atomic E-state index is 9.04. The Bertz CT molecular complexity index is 563. The van der Waals surface area contributed by atoms with Crippen LogP contribution in [0.1, 0.15) is 25.0 Å². The van der Waals surface area contributed by atoms with E-state index < -0.39 is 0 Å². The van der Waals surface area contributed by atoms with E-state index in [9.17, 15) is 0 Å². The molecule has 100 valence electrons. The summed E-state index contributed by atoms with van der Waals surface area (Å²) in [6, 6.07) is 12.4. The number of hydrogen-bond donors (Lipinski definition) is 2. The van der Waals surface area contributed by atoms with Crippen molar-refractivity contribution in [1.82, 2.24) is 10.3 Å². The lowest BCUT2D eigenvalue weighted by Crippen LogP contribution is -2.24. The molecule has 1 fully saturated rings. The van der Waals surface area contributed by atoms with E-state index in [0.29, 0.717) is 12.0 Å². The summed E-state index contributed by atoms with van der Waals surface area (Å²) in [5.41, 5.74) is 2.50. The van der Waals surface area contributed by atoms with Crippen molar-refractivity contribution in [3.63, 3.8) is 0 Å². The Hall–Kier alpha value is -1.45. The van der Waals surface area contributed by atoms with Crippen molar-refractivity contribution in [2.75, 3.05) is 13.2 Å². The van der Waals surface area contributed by atoms with E-state index in [1.807, 2.05) is 18.2 Å². The van der Waals surface area contributed by atoms with Gasteiger partial charge in [-0.3, -0.25) is 4.98 Å². The molecule has 2 N–H and O–H groups in total.